The van der Waals surface area contributed by atoms with Crippen molar-refractivity contribution in [2.24, 2.45) is 0 Å². The van der Waals surface area contributed by atoms with Crippen molar-refractivity contribution in [2.45, 2.75) is 25.4 Å². The average molecular weight is 299 g/mol. The minimum Gasteiger partial charge on any atom is -0.497 e. The molecule has 1 atom stereocenters. The van der Waals surface area contributed by atoms with Crippen molar-refractivity contribution in [3.63, 3.8) is 0 Å². The summed E-state index contributed by atoms with van der Waals surface area (Å²) in [6, 6.07) is 16.7. The number of carbonyl (C=O) groups excluding carboxylic acids is 1. The second-order valence-electron chi connectivity index (χ2n) is 5.10. The van der Waals surface area contributed by atoms with Gasteiger partial charge in [-0.3, -0.25) is 4.79 Å². The standard InChI is InChI=1S/C18H21NO3/c1-22-16-12-10-14(11-13-16)17(20)8-5-9-18(21)19-15-6-3-2-4-7-15/h2-4,6-7,10-13,17,20H,5,8-9H2,1H3,(H,19,21)/t17-/m1/s1. The molecule has 2 aromatic carbocycles. The first-order valence-corrected chi connectivity index (χ1v) is 7.36. The largest absolute Gasteiger partial charge is 0.497 e. The zero-order valence-corrected chi connectivity index (χ0v) is 12.7. The van der Waals surface area contributed by atoms with E-state index in [1.165, 1.54) is 0 Å². The molecule has 1 amide bonds. The van der Waals surface area contributed by atoms with E-state index in [4.69, 9.17) is 4.74 Å². The highest BCUT2D eigenvalue weighted by Gasteiger charge is 2.09. The Hall–Kier alpha value is -2.33. The monoisotopic (exact) mass is 299 g/mol. The van der Waals surface area contributed by atoms with Crippen LogP contribution in [0.25, 0.3) is 0 Å². The first-order chi connectivity index (χ1) is 10.7. The van der Waals surface area contributed by atoms with E-state index >= 15 is 0 Å². The maximum atomic E-state index is 11.8. The molecular weight excluding hydrogens is 278 g/mol. The van der Waals surface area contributed by atoms with Crippen molar-refractivity contribution >= 4 is 11.6 Å². The zero-order valence-electron chi connectivity index (χ0n) is 12.7. The molecule has 0 saturated carbocycles. The molecule has 2 aromatic rings. The SMILES string of the molecule is COc1ccc([C@H](O)CCCC(=O)Nc2ccccc2)cc1. The lowest BCUT2D eigenvalue weighted by atomic mass is 10.0. The van der Waals surface area contributed by atoms with E-state index in [0.717, 1.165) is 17.0 Å². The van der Waals surface area contributed by atoms with Crippen LogP contribution in [0.4, 0.5) is 5.69 Å². The van der Waals surface area contributed by atoms with Gasteiger partial charge in [0.1, 0.15) is 5.75 Å². The third-order valence-corrected chi connectivity index (χ3v) is 3.44. The van der Waals surface area contributed by atoms with Gasteiger partial charge in [-0.1, -0.05) is 30.3 Å². The maximum absolute atomic E-state index is 11.8. The Balaban J connectivity index is 1.74. The van der Waals surface area contributed by atoms with Gasteiger partial charge in [0.25, 0.3) is 0 Å². The molecule has 4 nitrogen and oxygen atoms in total. The van der Waals surface area contributed by atoms with Crippen LogP contribution in [0.2, 0.25) is 0 Å². The quantitative estimate of drug-likeness (QED) is 0.822. The normalized spacial score (nSPS) is 11.7. The van der Waals surface area contributed by atoms with Crippen molar-refractivity contribution in [1.82, 2.24) is 0 Å². The van der Waals surface area contributed by atoms with Crippen LogP contribution in [-0.4, -0.2) is 18.1 Å². The topological polar surface area (TPSA) is 58.6 Å². The van der Waals surface area contributed by atoms with Crippen molar-refractivity contribution < 1.29 is 14.6 Å². The molecule has 0 bridgehead atoms. The summed E-state index contributed by atoms with van der Waals surface area (Å²) in [6.07, 6.45) is 1.01. The minimum atomic E-state index is -0.560. The molecule has 0 unspecified atom stereocenters. The molecule has 0 fully saturated rings. The van der Waals surface area contributed by atoms with Crippen molar-refractivity contribution in [2.75, 3.05) is 12.4 Å². The molecule has 22 heavy (non-hydrogen) atoms. The molecule has 0 heterocycles. The summed E-state index contributed by atoms with van der Waals surface area (Å²) in [7, 11) is 1.61. The fourth-order valence-corrected chi connectivity index (χ4v) is 2.19. The molecule has 0 aliphatic carbocycles. The summed E-state index contributed by atoms with van der Waals surface area (Å²) >= 11 is 0. The molecule has 2 N–H and O–H groups in total. The number of anilines is 1. The first kappa shape index (κ1) is 16.0. The Morgan fingerprint density at radius 3 is 2.45 bits per heavy atom. The summed E-state index contributed by atoms with van der Waals surface area (Å²) in [5.41, 5.74) is 1.63. The molecule has 0 aromatic heterocycles. The number of hydrogen-bond acceptors (Lipinski definition) is 3. The van der Waals surface area contributed by atoms with E-state index in [1.807, 2.05) is 54.6 Å². The molecule has 0 spiro atoms. The van der Waals surface area contributed by atoms with Gasteiger partial charge in [0, 0.05) is 12.1 Å². The number of amides is 1. The van der Waals surface area contributed by atoms with Gasteiger partial charge in [0.15, 0.2) is 0 Å². The van der Waals surface area contributed by atoms with E-state index < -0.39 is 6.10 Å². The summed E-state index contributed by atoms with van der Waals surface area (Å²) < 4.78 is 5.08. The maximum Gasteiger partial charge on any atom is 0.224 e. The number of carbonyl (C=O) groups is 1. The summed E-state index contributed by atoms with van der Waals surface area (Å²) in [5.74, 6) is 0.728. The van der Waals surface area contributed by atoms with Crippen LogP contribution in [0.15, 0.2) is 54.6 Å². The Morgan fingerprint density at radius 1 is 1.14 bits per heavy atom. The number of ether oxygens (including phenoxy) is 1. The molecule has 0 radical (unpaired) electrons. The highest BCUT2D eigenvalue weighted by molar-refractivity contribution is 5.90. The van der Waals surface area contributed by atoms with Gasteiger partial charge < -0.3 is 15.2 Å². The summed E-state index contributed by atoms with van der Waals surface area (Å²) in [5, 5.41) is 12.9. The predicted octanol–water partition coefficient (Wildman–Crippen LogP) is 3.54. The van der Waals surface area contributed by atoms with Crippen molar-refractivity contribution in [3.05, 3.63) is 60.2 Å². The van der Waals surface area contributed by atoms with Crippen LogP contribution in [0, 0.1) is 0 Å². The number of benzene rings is 2. The van der Waals surface area contributed by atoms with Gasteiger partial charge in [-0.25, -0.2) is 0 Å². The van der Waals surface area contributed by atoms with Gasteiger partial charge in [0.05, 0.1) is 13.2 Å². The zero-order chi connectivity index (χ0) is 15.8. The van der Waals surface area contributed by atoms with Crippen LogP contribution in [0.1, 0.15) is 30.9 Å². The number of rotatable bonds is 7. The lowest BCUT2D eigenvalue weighted by Gasteiger charge is -2.11. The molecule has 0 aliphatic rings. The van der Waals surface area contributed by atoms with E-state index in [9.17, 15) is 9.90 Å². The average Bonchev–Trinajstić information content (AvgIpc) is 2.55. The number of aliphatic hydroxyl groups excluding tert-OH is 1. The number of nitrogens with one attached hydrogen (secondary N) is 1. The molecule has 4 heteroatoms. The van der Waals surface area contributed by atoms with Gasteiger partial charge in [-0.2, -0.15) is 0 Å². The number of methoxy groups -OCH3 is 1. The van der Waals surface area contributed by atoms with Crippen LogP contribution in [0.3, 0.4) is 0 Å². The summed E-state index contributed by atoms with van der Waals surface area (Å²) in [6.45, 7) is 0. The number of hydrogen-bond donors (Lipinski definition) is 2. The number of para-hydroxylation sites is 1. The summed E-state index contributed by atoms with van der Waals surface area (Å²) in [4.78, 5) is 11.8. The lowest BCUT2D eigenvalue weighted by molar-refractivity contribution is -0.116. The fourth-order valence-electron chi connectivity index (χ4n) is 2.19. The van der Waals surface area contributed by atoms with Crippen molar-refractivity contribution in [3.8, 4) is 5.75 Å². The Kier molecular flexibility index (Phi) is 5.98. The minimum absolute atomic E-state index is 0.0341. The van der Waals surface area contributed by atoms with E-state index in [1.54, 1.807) is 7.11 Å². The lowest BCUT2D eigenvalue weighted by Crippen LogP contribution is -2.11. The smallest absolute Gasteiger partial charge is 0.224 e. The van der Waals surface area contributed by atoms with Crippen LogP contribution in [0.5, 0.6) is 5.75 Å². The Morgan fingerprint density at radius 2 is 1.82 bits per heavy atom. The van der Waals surface area contributed by atoms with Gasteiger partial charge in [-0.05, 0) is 42.7 Å². The van der Waals surface area contributed by atoms with Gasteiger partial charge in [-0.15, -0.1) is 0 Å². The van der Waals surface area contributed by atoms with Crippen LogP contribution in [-0.2, 0) is 4.79 Å². The molecule has 116 valence electrons. The van der Waals surface area contributed by atoms with Gasteiger partial charge >= 0.3 is 0 Å². The third kappa shape index (κ3) is 4.90. The Labute approximate surface area is 130 Å². The highest BCUT2D eigenvalue weighted by Crippen LogP contribution is 2.22. The first-order valence-electron chi connectivity index (χ1n) is 7.36. The van der Waals surface area contributed by atoms with E-state index in [0.29, 0.717) is 19.3 Å². The second kappa shape index (κ2) is 8.20. The fraction of sp³-hybridized carbons (Fsp3) is 0.278. The molecule has 0 aliphatic heterocycles. The van der Waals surface area contributed by atoms with Crippen LogP contribution < -0.4 is 10.1 Å². The Bertz CT molecular complexity index is 581. The number of aliphatic hydroxyl groups is 1. The van der Waals surface area contributed by atoms with Crippen molar-refractivity contribution in [1.29, 1.82) is 0 Å². The predicted molar refractivity (Wildman–Crippen MR) is 86.9 cm³/mol. The van der Waals surface area contributed by atoms with Crippen LogP contribution >= 0.6 is 0 Å². The third-order valence-electron chi connectivity index (χ3n) is 3.44. The van der Waals surface area contributed by atoms with E-state index in [-0.39, 0.29) is 5.91 Å². The molecule has 2 rings (SSSR count). The molecular formula is C18H21NO3. The second-order valence-corrected chi connectivity index (χ2v) is 5.10. The van der Waals surface area contributed by atoms with E-state index in [2.05, 4.69) is 5.32 Å². The highest BCUT2D eigenvalue weighted by atomic mass is 16.5. The van der Waals surface area contributed by atoms with Gasteiger partial charge in [0.2, 0.25) is 5.91 Å². The molecule has 0 saturated heterocycles.